The van der Waals surface area contributed by atoms with Gasteiger partial charge in [-0.3, -0.25) is 0 Å². The Balaban J connectivity index is 1.83. The van der Waals surface area contributed by atoms with Gasteiger partial charge in [0, 0.05) is 17.5 Å². The van der Waals surface area contributed by atoms with Crippen molar-refractivity contribution in [3.05, 3.63) is 34.8 Å². The number of nitrogens with one attached hydrogen (secondary N) is 1. The minimum atomic E-state index is -0.319. The summed E-state index contributed by atoms with van der Waals surface area (Å²) < 4.78 is 5.82. The van der Waals surface area contributed by atoms with Crippen molar-refractivity contribution in [3.8, 4) is 0 Å². The second-order valence-electron chi connectivity index (χ2n) is 5.69. The van der Waals surface area contributed by atoms with Gasteiger partial charge in [0.15, 0.2) is 0 Å². The Morgan fingerprint density at radius 1 is 1.29 bits per heavy atom. The Morgan fingerprint density at radius 2 is 2.14 bits per heavy atom. The average molecular weight is 301 g/mol. The van der Waals surface area contributed by atoms with Crippen molar-refractivity contribution in [2.24, 2.45) is 5.84 Å². The highest BCUT2D eigenvalue weighted by Crippen LogP contribution is 2.43. The first kappa shape index (κ1) is 13.0. The standard InChI is InChI=1S/C14H15N5OS/c1-14(2)10-8(5-20-14)3-7-4-9-11(19-15)16-6-17-13(9)21-12(7)18-10/h3,6H,4-5,15H2,1-2H3,(H,16,17,19). The van der Waals surface area contributed by atoms with E-state index in [1.807, 2.05) is 0 Å². The molecule has 0 fully saturated rings. The number of hydrazine groups is 1. The van der Waals surface area contributed by atoms with Crippen LogP contribution in [0.2, 0.25) is 0 Å². The predicted molar refractivity (Wildman–Crippen MR) is 78.8 cm³/mol. The van der Waals surface area contributed by atoms with Crippen molar-refractivity contribution >= 4 is 17.6 Å². The molecule has 3 N–H and O–H groups in total. The monoisotopic (exact) mass is 301 g/mol. The zero-order chi connectivity index (χ0) is 14.6. The molecule has 21 heavy (non-hydrogen) atoms. The number of nitrogens with zero attached hydrogens (tertiary/aromatic N) is 3. The Kier molecular flexibility index (Phi) is 2.72. The molecule has 4 rings (SSSR count). The maximum Gasteiger partial charge on any atom is 0.148 e. The summed E-state index contributed by atoms with van der Waals surface area (Å²) >= 11 is 1.57. The number of nitrogens with two attached hydrogens (primary N) is 1. The van der Waals surface area contributed by atoms with Gasteiger partial charge in [0.05, 0.1) is 12.3 Å². The number of nitrogen functional groups attached to an aromatic ring is 1. The van der Waals surface area contributed by atoms with E-state index in [4.69, 9.17) is 15.6 Å². The lowest BCUT2D eigenvalue weighted by Crippen LogP contribution is -2.18. The van der Waals surface area contributed by atoms with E-state index < -0.39 is 0 Å². The third-order valence-corrected chi connectivity index (χ3v) is 4.99. The lowest BCUT2D eigenvalue weighted by Gasteiger charge is -2.22. The molecule has 6 nitrogen and oxygen atoms in total. The van der Waals surface area contributed by atoms with E-state index in [0.29, 0.717) is 12.4 Å². The van der Waals surface area contributed by atoms with Gasteiger partial charge in [0.2, 0.25) is 0 Å². The number of aromatic nitrogens is 3. The van der Waals surface area contributed by atoms with Crippen LogP contribution in [0.4, 0.5) is 5.82 Å². The van der Waals surface area contributed by atoms with Crippen molar-refractivity contribution in [2.45, 2.75) is 42.5 Å². The minimum absolute atomic E-state index is 0.319. The molecule has 2 aromatic rings. The van der Waals surface area contributed by atoms with Gasteiger partial charge in [-0.05, 0) is 37.2 Å². The largest absolute Gasteiger partial charge is 0.365 e. The number of pyridine rings is 1. The summed E-state index contributed by atoms with van der Waals surface area (Å²) in [5.41, 5.74) is 6.73. The van der Waals surface area contributed by atoms with Crippen molar-refractivity contribution in [1.29, 1.82) is 0 Å². The Morgan fingerprint density at radius 3 is 2.95 bits per heavy atom. The van der Waals surface area contributed by atoms with Gasteiger partial charge < -0.3 is 10.2 Å². The van der Waals surface area contributed by atoms with E-state index in [-0.39, 0.29) is 5.60 Å². The van der Waals surface area contributed by atoms with Crippen LogP contribution in [0.5, 0.6) is 0 Å². The molecule has 0 saturated carbocycles. The zero-order valence-corrected chi connectivity index (χ0v) is 12.6. The van der Waals surface area contributed by atoms with Gasteiger partial charge in [-0.2, -0.15) is 0 Å². The first-order valence-electron chi connectivity index (χ1n) is 6.74. The molecule has 0 spiro atoms. The van der Waals surface area contributed by atoms with Crippen LogP contribution < -0.4 is 11.3 Å². The van der Waals surface area contributed by atoms with Gasteiger partial charge in [-0.25, -0.2) is 20.8 Å². The maximum absolute atomic E-state index is 5.82. The van der Waals surface area contributed by atoms with Crippen molar-refractivity contribution < 1.29 is 4.74 Å². The van der Waals surface area contributed by atoms with E-state index in [0.717, 1.165) is 27.7 Å². The van der Waals surface area contributed by atoms with Crippen LogP contribution in [0.3, 0.4) is 0 Å². The van der Waals surface area contributed by atoms with Crippen molar-refractivity contribution in [3.63, 3.8) is 0 Å². The smallest absolute Gasteiger partial charge is 0.148 e. The average Bonchev–Trinajstić information content (AvgIpc) is 2.77. The number of rotatable bonds is 1. The Bertz CT molecular complexity index is 746. The van der Waals surface area contributed by atoms with Gasteiger partial charge in [0.1, 0.15) is 27.8 Å². The van der Waals surface area contributed by atoms with E-state index in [9.17, 15) is 0 Å². The molecular weight excluding hydrogens is 286 g/mol. The molecule has 2 aromatic heterocycles. The van der Waals surface area contributed by atoms with Gasteiger partial charge >= 0.3 is 0 Å². The topological polar surface area (TPSA) is 86.0 Å². The summed E-state index contributed by atoms with van der Waals surface area (Å²) in [6, 6.07) is 2.19. The first-order valence-corrected chi connectivity index (χ1v) is 7.56. The fourth-order valence-corrected chi connectivity index (χ4v) is 3.78. The third-order valence-electron chi connectivity index (χ3n) is 3.90. The second kappa shape index (κ2) is 4.40. The van der Waals surface area contributed by atoms with Crippen LogP contribution in [0.1, 0.15) is 36.2 Å². The van der Waals surface area contributed by atoms with Crippen LogP contribution in [-0.2, 0) is 23.4 Å². The number of hydrogen-bond donors (Lipinski definition) is 2. The molecule has 0 atom stereocenters. The number of fused-ring (bicyclic) bond motifs is 3. The fraction of sp³-hybridized carbons (Fsp3) is 0.357. The zero-order valence-electron chi connectivity index (χ0n) is 11.8. The number of ether oxygens (including phenoxy) is 1. The normalized spacial score (nSPS) is 17.9. The summed E-state index contributed by atoms with van der Waals surface area (Å²) in [5, 5.41) is 1.91. The first-order chi connectivity index (χ1) is 10.1. The molecule has 0 unspecified atom stereocenters. The van der Waals surface area contributed by atoms with Crippen LogP contribution in [0.25, 0.3) is 0 Å². The predicted octanol–water partition coefficient (Wildman–Crippen LogP) is 1.98. The van der Waals surface area contributed by atoms with E-state index in [1.165, 1.54) is 17.5 Å². The quantitative estimate of drug-likeness (QED) is 0.404. The van der Waals surface area contributed by atoms with Crippen LogP contribution >= 0.6 is 11.8 Å². The molecule has 0 amide bonds. The molecule has 0 aliphatic carbocycles. The van der Waals surface area contributed by atoms with Gasteiger partial charge in [0.25, 0.3) is 0 Å². The third kappa shape index (κ3) is 1.92. The molecule has 2 aliphatic rings. The van der Waals surface area contributed by atoms with Crippen LogP contribution in [-0.4, -0.2) is 15.0 Å². The molecule has 0 aromatic carbocycles. The second-order valence-corrected chi connectivity index (χ2v) is 6.67. The van der Waals surface area contributed by atoms with E-state index in [2.05, 4.69) is 35.3 Å². The molecular formula is C14H15N5OS. The summed E-state index contributed by atoms with van der Waals surface area (Å²) in [6.07, 6.45) is 2.26. The van der Waals surface area contributed by atoms with Gasteiger partial charge in [-0.15, -0.1) is 0 Å². The van der Waals surface area contributed by atoms with Crippen molar-refractivity contribution in [2.75, 3.05) is 5.43 Å². The lowest BCUT2D eigenvalue weighted by atomic mass is 9.99. The highest BCUT2D eigenvalue weighted by Gasteiger charge is 2.35. The minimum Gasteiger partial charge on any atom is -0.365 e. The summed E-state index contributed by atoms with van der Waals surface area (Å²) in [5.74, 6) is 6.21. The summed E-state index contributed by atoms with van der Waals surface area (Å²) in [6.45, 7) is 4.73. The molecule has 0 bridgehead atoms. The summed E-state index contributed by atoms with van der Waals surface area (Å²) in [4.78, 5) is 13.3. The Labute approximate surface area is 126 Å². The van der Waals surface area contributed by atoms with Gasteiger partial charge in [-0.1, -0.05) is 0 Å². The van der Waals surface area contributed by atoms with Crippen LogP contribution in [0.15, 0.2) is 22.4 Å². The fourth-order valence-electron chi connectivity index (χ4n) is 2.81. The number of anilines is 1. The highest BCUT2D eigenvalue weighted by atomic mass is 32.2. The van der Waals surface area contributed by atoms with E-state index >= 15 is 0 Å². The SMILES string of the molecule is CC1(C)OCc2cc3c(nc21)Sc1ncnc(NN)c1C3. The molecule has 7 heteroatoms. The van der Waals surface area contributed by atoms with E-state index in [1.54, 1.807) is 11.8 Å². The number of hydrogen-bond acceptors (Lipinski definition) is 7. The molecule has 0 radical (unpaired) electrons. The maximum atomic E-state index is 5.82. The van der Waals surface area contributed by atoms with Crippen molar-refractivity contribution in [1.82, 2.24) is 15.0 Å². The molecule has 4 heterocycles. The molecule has 108 valence electrons. The Hall–Kier alpha value is -1.70. The molecule has 2 aliphatic heterocycles. The highest BCUT2D eigenvalue weighted by molar-refractivity contribution is 7.99. The lowest BCUT2D eigenvalue weighted by molar-refractivity contribution is -0.0103. The molecule has 0 saturated heterocycles. The summed E-state index contributed by atoms with van der Waals surface area (Å²) in [7, 11) is 0. The van der Waals surface area contributed by atoms with Crippen LogP contribution in [0, 0.1) is 0 Å².